The van der Waals surface area contributed by atoms with Crippen LogP contribution in [-0.4, -0.2) is 24.1 Å². The standard InChI is InChI=1S/C15H20F2N2O2S/c1-9(15(2,3)4)18-14(22)19-11-5-6-12(21-13(16)17)10(7-11)8-20/h5-9,13H,1-4H3,(H2,18,19,22). The van der Waals surface area contributed by atoms with Crippen molar-refractivity contribution in [3.8, 4) is 5.75 Å². The first-order valence-corrected chi connectivity index (χ1v) is 7.16. The molecule has 1 aromatic carbocycles. The number of nitrogens with one attached hydrogen (secondary N) is 2. The Morgan fingerprint density at radius 2 is 2.00 bits per heavy atom. The van der Waals surface area contributed by atoms with Crippen LogP contribution in [0.15, 0.2) is 18.2 Å². The van der Waals surface area contributed by atoms with Gasteiger partial charge in [-0.05, 0) is 42.8 Å². The summed E-state index contributed by atoms with van der Waals surface area (Å²) in [7, 11) is 0. The highest BCUT2D eigenvalue weighted by molar-refractivity contribution is 7.80. The van der Waals surface area contributed by atoms with Gasteiger partial charge in [-0.1, -0.05) is 20.8 Å². The van der Waals surface area contributed by atoms with E-state index in [4.69, 9.17) is 12.2 Å². The number of aldehydes is 1. The van der Waals surface area contributed by atoms with Crippen LogP contribution >= 0.6 is 12.2 Å². The quantitative estimate of drug-likeness (QED) is 0.635. The Kier molecular flexibility index (Phi) is 6.22. The molecule has 0 aromatic heterocycles. The van der Waals surface area contributed by atoms with E-state index < -0.39 is 6.61 Å². The molecule has 22 heavy (non-hydrogen) atoms. The van der Waals surface area contributed by atoms with Crippen LogP contribution in [0.25, 0.3) is 0 Å². The van der Waals surface area contributed by atoms with E-state index in [1.54, 1.807) is 0 Å². The maximum absolute atomic E-state index is 12.2. The smallest absolute Gasteiger partial charge is 0.387 e. The SMILES string of the molecule is CC(NC(=S)Nc1ccc(OC(F)F)c(C=O)c1)C(C)(C)C. The Labute approximate surface area is 134 Å². The van der Waals surface area contributed by atoms with Crippen molar-refractivity contribution in [2.45, 2.75) is 40.3 Å². The van der Waals surface area contributed by atoms with Crippen LogP contribution in [0.5, 0.6) is 5.75 Å². The van der Waals surface area contributed by atoms with Gasteiger partial charge in [0.25, 0.3) is 0 Å². The number of carbonyl (C=O) groups excluding carboxylic acids is 1. The highest BCUT2D eigenvalue weighted by Gasteiger charge is 2.20. The van der Waals surface area contributed by atoms with E-state index in [2.05, 4.69) is 36.1 Å². The number of hydrogen-bond donors (Lipinski definition) is 2. The van der Waals surface area contributed by atoms with E-state index in [1.807, 2.05) is 6.92 Å². The lowest BCUT2D eigenvalue weighted by atomic mass is 9.88. The second-order valence-corrected chi connectivity index (χ2v) is 6.34. The van der Waals surface area contributed by atoms with Crippen LogP contribution in [0.4, 0.5) is 14.5 Å². The minimum Gasteiger partial charge on any atom is -0.434 e. The molecule has 1 atom stereocenters. The summed E-state index contributed by atoms with van der Waals surface area (Å²) in [6.07, 6.45) is 0.456. The van der Waals surface area contributed by atoms with E-state index in [-0.39, 0.29) is 22.8 Å². The molecule has 2 N–H and O–H groups in total. The highest BCUT2D eigenvalue weighted by atomic mass is 32.1. The molecule has 4 nitrogen and oxygen atoms in total. The first kappa shape index (κ1) is 18.3. The number of ether oxygens (including phenoxy) is 1. The van der Waals surface area contributed by atoms with Crippen LogP contribution < -0.4 is 15.4 Å². The third kappa shape index (κ3) is 5.55. The first-order chi connectivity index (χ1) is 10.1. The molecule has 0 fully saturated rings. The second-order valence-electron chi connectivity index (χ2n) is 5.94. The summed E-state index contributed by atoms with van der Waals surface area (Å²) >= 11 is 5.20. The number of halogens is 2. The van der Waals surface area contributed by atoms with Crippen LogP contribution in [0.2, 0.25) is 0 Å². The molecule has 0 amide bonds. The van der Waals surface area contributed by atoms with Crippen molar-refractivity contribution in [3.05, 3.63) is 23.8 Å². The summed E-state index contributed by atoms with van der Waals surface area (Å²) in [5, 5.41) is 6.44. The van der Waals surface area contributed by atoms with Gasteiger partial charge in [-0.15, -0.1) is 0 Å². The Bertz CT molecular complexity index is 545. The third-order valence-corrected chi connectivity index (χ3v) is 3.48. The van der Waals surface area contributed by atoms with Gasteiger partial charge in [0.2, 0.25) is 0 Å². The minimum atomic E-state index is -2.98. The molecular weight excluding hydrogens is 310 g/mol. The number of rotatable bonds is 5. The van der Waals surface area contributed by atoms with Crippen molar-refractivity contribution in [1.82, 2.24) is 5.32 Å². The molecule has 0 radical (unpaired) electrons. The number of alkyl halides is 2. The Morgan fingerprint density at radius 1 is 1.36 bits per heavy atom. The van der Waals surface area contributed by atoms with Crippen LogP contribution in [0, 0.1) is 5.41 Å². The molecule has 0 bridgehead atoms. The maximum atomic E-state index is 12.2. The van der Waals surface area contributed by atoms with Crippen molar-refractivity contribution < 1.29 is 18.3 Å². The summed E-state index contributed by atoms with van der Waals surface area (Å²) in [5.41, 5.74) is 0.563. The molecule has 0 saturated carbocycles. The van der Waals surface area contributed by atoms with Crippen LogP contribution in [-0.2, 0) is 0 Å². The second kappa shape index (κ2) is 7.49. The maximum Gasteiger partial charge on any atom is 0.387 e. The number of anilines is 1. The molecule has 7 heteroatoms. The molecular formula is C15H20F2N2O2S. The predicted molar refractivity (Wildman–Crippen MR) is 86.7 cm³/mol. The minimum absolute atomic E-state index is 0.0225. The van der Waals surface area contributed by atoms with Crippen molar-refractivity contribution in [2.75, 3.05) is 5.32 Å². The Hall–Kier alpha value is -1.76. The Balaban J connectivity index is 2.78. The van der Waals surface area contributed by atoms with E-state index in [9.17, 15) is 13.6 Å². The molecule has 0 saturated heterocycles. The lowest BCUT2D eigenvalue weighted by molar-refractivity contribution is -0.0500. The van der Waals surface area contributed by atoms with Crippen LogP contribution in [0.3, 0.4) is 0 Å². The van der Waals surface area contributed by atoms with Gasteiger partial charge in [0.05, 0.1) is 5.56 Å². The lowest BCUT2D eigenvalue weighted by Gasteiger charge is -2.29. The van der Waals surface area contributed by atoms with E-state index in [0.29, 0.717) is 17.1 Å². The summed E-state index contributed by atoms with van der Waals surface area (Å²) in [4.78, 5) is 11.0. The number of hydrogen-bond acceptors (Lipinski definition) is 3. The molecule has 1 aromatic rings. The average molecular weight is 330 g/mol. The summed E-state index contributed by atoms with van der Waals surface area (Å²) < 4.78 is 28.7. The summed E-state index contributed by atoms with van der Waals surface area (Å²) in [5.74, 6) is -0.169. The molecule has 0 heterocycles. The predicted octanol–water partition coefficient (Wildman–Crippen LogP) is 3.82. The topological polar surface area (TPSA) is 50.4 Å². The first-order valence-electron chi connectivity index (χ1n) is 6.75. The lowest BCUT2D eigenvalue weighted by Crippen LogP contribution is -2.43. The van der Waals surface area contributed by atoms with Gasteiger partial charge in [-0.2, -0.15) is 8.78 Å². The molecule has 0 aliphatic heterocycles. The van der Waals surface area contributed by atoms with Crippen molar-refractivity contribution in [2.24, 2.45) is 5.41 Å². The molecule has 0 spiro atoms. The molecule has 1 unspecified atom stereocenters. The monoisotopic (exact) mass is 330 g/mol. The van der Waals surface area contributed by atoms with Crippen molar-refractivity contribution in [1.29, 1.82) is 0 Å². The fourth-order valence-electron chi connectivity index (χ4n) is 1.50. The summed E-state index contributed by atoms with van der Waals surface area (Å²) in [6.45, 7) is 5.26. The van der Waals surface area contributed by atoms with Gasteiger partial charge in [0.1, 0.15) is 5.75 Å². The van der Waals surface area contributed by atoms with Gasteiger partial charge in [0.15, 0.2) is 11.4 Å². The fraction of sp³-hybridized carbons (Fsp3) is 0.467. The van der Waals surface area contributed by atoms with Crippen LogP contribution in [0.1, 0.15) is 38.1 Å². The van der Waals surface area contributed by atoms with Gasteiger partial charge in [0, 0.05) is 11.7 Å². The van der Waals surface area contributed by atoms with E-state index in [0.717, 1.165) is 0 Å². The molecule has 0 aliphatic carbocycles. The van der Waals surface area contributed by atoms with Gasteiger partial charge >= 0.3 is 6.61 Å². The van der Waals surface area contributed by atoms with Gasteiger partial charge in [-0.3, -0.25) is 4.79 Å². The zero-order chi connectivity index (χ0) is 16.9. The largest absolute Gasteiger partial charge is 0.434 e. The number of carbonyl (C=O) groups is 1. The molecule has 122 valence electrons. The molecule has 0 aliphatic rings. The fourth-order valence-corrected chi connectivity index (χ4v) is 1.80. The average Bonchev–Trinajstić information content (AvgIpc) is 2.38. The highest BCUT2D eigenvalue weighted by Crippen LogP contribution is 2.23. The zero-order valence-corrected chi connectivity index (χ0v) is 13.8. The normalized spacial score (nSPS) is 12.7. The number of benzene rings is 1. The zero-order valence-electron chi connectivity index (χ0n) is 12.9. The van der Waals surface area contributed by atoms with E-state index in [1.165, 1.54) is 18.2 Å². The summed E-state index contributed by atoms with van der Waals surface area (Å²) in [6, 6.07) is 4.34. The third-order valence-electron chi connectivity index (χ3n) is 3.26. The van der Waals surface area contributed by atoms with Crippen molar-refractivity contribution >= 4 is 29.3 Å². The Morgan fingerprint density at radius 3 is 2.50 bits per heavy atom. The van der Waals surface area contributed by atoms with Gasteiger partial charge < -0.3 is 15.4 Å². The van der Waals surface area contributed by atoms with Gasteiger partial charge in [-0.25, -0.2) is 0 Å². The molecule has 1 rings (SSSR count). The number of thiocarbonyl (C=S) groups is 1. The van der Waals surface area contributed by atoms with Crippen molar-refractivity contribution in [3.63, 3.8) is 0 Å². The van der Waals surface area contributed by atoms with E-state index >= 15 is 0 Å².